The lowest BCUT2D eigenvalue weighted by molar-refractivity contribution is -0.138. The Kier molecular flexibility index (Phi) is 4.44. The molecule has 0 aliphatic carbocycles. The predicted molar refractivity (Wildman–Crippen MR) is 72.9 cm³/mol. The third-order valence-corrected chi connectivity index (χ3v) is 4.78. The maximum Gasteiger partial charge on any atom is 0.325 e. The zero-order valence-electron chi connectivity index (χ0n) is 12.2. The molecule has 118 valence electrons. The zero-order chi connectivity index (χ0) is 16.6. The van der Waals surface area contributed by atoms with Crippen molar-refractivity contribution in [1.29, 1.82) is 0 Å². The van der Waals surface area contributed by atoms with Gasteiger partial charge in [0, 0.05) is 0 Å². The van der Waals surface area contributed by atoms with Crippen molar-refractivity contribution >= 4 is 21.9 Å². The van der Waals surface area contributed by atoms with Crippen molar-refractivity contribution in [2.75, 3.05) is 0 Å². The van der Waals surface area contributed by atoms with Crippen LogP contribution in [0.1, 0.15) is 25.2 Å². The van der Waals surface area contributed by atoms with Gasteiger partial charge in [0.05, 0.1) is 11.4 Å². The molecule has 0 saturated heterocycles. The van der Waals surface area contributed by atoms with Crippen LogP contribution >= 0.6 is 0 Å². The third kappa shape index (κ3) is 3.58. The van der Waals surface area contributed by atoms with Gasteiger partial charge in [0.1, 0.15) is 17.0 Å². The Hall–Kier alpha value is -1.94. The highest BCUT2D eigenvalue weighted by Gasteiger charge is 2.34. The fraction of sp³-hybridized carbons (Fsp3) is 0.545. The molecular formula is C11H18N4O5S. The van der Waals surface area contributed by atoms with Crippen LogP contribution in [0.15, 0.2) is 4.90 Å². The summed E-state index contributed by atoms with van der Waals surface area (Å²) in [5.74, 6) is -1.98. The van der Waals surface area contributed by atoms with Crippen molar-refractivity contribution in [2.45, 2.75) is 44.7 Å². The van der Waals surface area contributed by atoms with Crippen LogP contribution in [0.3, 0.4) is 0 Å². The Morgan fingerprint density at radius 1 is 1.38 bits per heavy atom. The summed E-state index contributed by atoms with van der Waals surface area (Å²) in [6.45, 7) is 5.09. The molecule has 0 bridgehead atoms. The SMILES string of the molecule is Cc1nn(CC(=O)O)c(C)c1S(=O)(=O)NC(C)(C)C(N)=O. The average molecular weight is 318 g/mol. The summed E-state index contributed by atoms with van der Waals surface area (Å²) in [5.41, 5.74) is 3.97. The fourth-order valence-electron chi connectivity index (χ4n) is 1.79. The highest BCUT2D eigenvalue weighted by atomic mass is 32.2. The van der Waals surface area contributed by atoms with Gasteiger partial charge in [0.2, 0.25) is 15.9 Å². The normalized spacial score (nSPS) is 12.4. The van der Waals surface area contributed by atoms with E-state index in [1.807, 2.05) is 0 Å². The van der Waals surface area contributed by atoms with Crippen LogP contribution in [0, 0.1) is 13.8 Å². The lowest BCUT2D eigenvalue weighted by Gasteiger charge is -2.22. The third-order valence-electron chi connectivity index (χ3n) is 2.87. The van der Waals surface area contributed by atoms with Gasteiger partial charge in [-0.15, -0.1) is 0 Å². The molecule has 0 saturated carbocycles. The van der Waals surface area contributed by atoms with E-state index in [-0.39, 0.29) is 16.3 Å². The van der Waals surface area contributed by atoms with E-state index < -0.39 is 34.0 Å². The number of aromatic nitrogens is 2. The molecule has 0 unspecified atom stereocenters. The molecule has 1 aromatic heterocycles. The molecule has 0 radical (unpaired) electrons. The largest absolute Gasteiger partial charge is 0.480 e. The monoisotopic (exact) mass is 318 g/mol. The van der Waals surface area contributed by atoms with Crippen molar-refractivity contribution < 1.29 is 23.1 Å². The van der Waals surface area contributed by atoms with E-state index in [1.165, 1.54) is 27.7 Å². The van der Waals surface area contributed by atoms with Gasteiger partial charge in [0.25, 0.3) is 0 Å². The number of carboxylic acids is 1. The van der Waals surface area contributed by atoms with E-state index in [2.05, 4.69) is 9.82 Å². The highest BCUT2D eigenvalue weighted by Crippen LogP contribution is 2.21. The van der Waals surface area contributed by atoms with Crippen LogP contribution in [0.25, 0.3) is 0 Å². The molecule has 0 aliphatic heterocycles. The number of aryl methyl sites for hydroxylation is 1. The zero-order valence-corrected chi connectivity index (χ0v) is 13.0. The smallest absolute Gasteiger partial charge is 0.325 e. The Morgan fingerprint density at radius 3 is 2.33 bits per heavy atom. The van der Waals surface area contributed by atoms with E-state index in [4.69, 9.17) is 10.8 Å². The summed E-state index contributed by atoms with van der Waals surface area (Å²) < 4.78 is 28.0. The molecule has 1 rings (SSSR count). The Labute approximate surface area is 122 Å². The molecule has 1 aromatic rings. The first-order valence-corrected chi connectivity index (χ1v) is 7.46. The number of rotatable bonds is 6. The Bertz CT molecular complexity index is 690. The van der Waals surface area contributed by atoms with Crippen LogP contribution in [-0.2, 0) is 26.2 Å². The van der Waals surface area contributed by atoms with Gasteiger partial charge in [-0.25, -0.2) is 8.42 Å². The standard InChI is InChI=1S/C11H18N4O5S/c1-6-9(7(2)15(13-6)5-8(16)17)21(19,20)14-11(3,4)10(12)18/h14H,5H2,1-4H3,(H2,12,18)(H,16,17). The molecule has 0 spiro atoms. The highest BCUT2D eigenvalue weighted by molar-refractivity contribution is 7.89. The molecule has 0 aromatic carbocycles. The molecule has 4 N–H and O–H groups in total. The Morgan fingerprint density at radius 2 is 1.90 bits per heavy atom. The summed E-state index contributed by atoms with van der Waals surface area (Å²) in [6.07, 6.45) is 0. The topological polar surface area (TPSA) is 144 Å². The van der Waals surface area contributed by atoms with Crippen molar-refractivity contribution in [1.82, 2.24) is 14.5 Å². The molecular weight excluding hydrogens is 300 g/mol. The number of carboxylic acid groups (broad SMARTS) is 1. The van der Waals surface area contributed by atoms with E-state index in [1.54, 1.807) is 0 Å². The number of hydrogen-bond acceptors (Lipinski definition) is 5. The molecule has 1 heterocycles. The van der Waals surface area contributed by atoms with E-state index in [0.717, 1.165) is 4.68 Å². The average Bonchev–Trinajstić information content (AvgIpc) is 2.51. The van der Waals surface area contributed by atoms with Gasteiger partial charge in [-0.1, -0.05) is 0 Å². The number of aliphatic carboxylic acids is 1. The van der Waals surface area contributed by atoms with Crippen molar-refractivity contribution in [3.05, 3.63) is 11.4 Å². The van der Waals surface area contributed by atoms with Crippen LogP contribution in [0.4, 0.5) is 0 Å². The molecule has 0 aliphatic rings. The summed E-state index contributed by atoms with van der Waals surface area (Å²) in [4.78, 5) is 21.8. The first-order valence-electron chi connectivity index (χ1n) is 5.98. The van der Waals surface area contributed by atoms with Crippen molar-refractivity contribution in [3.63, 3.8) is 0 Å². The van der Waals surface area contributed by atoms with Crippen molar-refractivity contribution in [2.24, 2.45) is 5.73 Å². The molecule has 9 nitrogen and oxygen atoms in total. The minimum atomic E-state index is -4.07. The number of primary amides is 1. The Balaban J connectivity index is 3.30. The van der Waals surface area contributed by atoms with Crippen LogP contribution in [0.2, 0.25) is 0 Å². The number of carbonyl (C=O) groups excluding carboxylic acids is 1. The first-order chi connectivity index (χ1) is 9.38. The molecule has 1 amide bonds. The van der Waals surface area contributed by atoms with Gasteiger partial charge < -0.3 is 10.8 Å². The van der Waals surface area contributed by atoms with Crippen LogP contribution in [-0.4, -0.2) is 40.7 Å². The lowest BCUT2D eigenvalue weighted by Crippen LogP contribution is -2.52. The number of carbonyl (C=O) groups is 2. The first kappa shape index (κ1) is 17.1. The molecule has 0 fully saturated rings. The van der Waals surface area contributed by atoms with E-state index in [0.29, 0.717) is 0 Å². The van der Waals surface area contributed by atoms with Gasteiger partial charge in [-0.3, -0.25) is 14.3 Å². The van der Waals surface area contributed by atoms with Gasteiger partial charge >= 0.3 is 5.97 Å². The summed E-state index contributed by atoms with van der Waals surface area (Å²) in [6, 6.07) is 0. The number of hydrogen-bond donors (Lipinski definition) is 3. The minimum Gasteiger partial charge on any atom is -0.480 e. The summed E-state index contributed by atoms with van der Waals surface area (Å²) in [7, 11) is -4.07. The van der Waals surface area contributed by atoms with E-state index >= 15 is 0 Å². The number of nitrogens with one attached hydrogen (secondary N) is 1. The van der Waals surface area contributed by atoms with Gasteiger partial charge in [-0.2, -0.15) is 9.82 Å². The number of amides is 1. The molecule has 21 heavy (non-hydrogen) atoms. The number of nitrogens with two attached hydrogens (primary N) is 1. The summed E-state index contributed by atoms with van der Waals surface area (Å²) in [5, 5.41) is 12.7. The quantitative estimate of drug-likeness (QED) is 0.621. The fourth-order valence-corrected chi connectivity index (χ4v) is 3.59. The second-order valence-electron chi connectivity index (χ2n) is 5.15. The lowest BCUT2D eigenvalue weighted by atomic mass is 10.1. The second kappa shape index (κ2) is 5.45. The summed E-state index contributed by atoms with van der Waals surface area (Å²) >= 11 is 0. The van der Waals surface area contributed by atoms with Crippen LogP contribution in [0.5, 0.6) is 0 Å². The molecule has 10 heteroatoms. The number of sulfonamides is 1. The second-order valence-corrected chi connectivity index (χ2v) is 6.77. The van der Waals surface area contributed by atoms with Gasteiger partial charge in [0.15, 0.2) is 0 Å². The maximum atomic E-state index is 12.4. The van der Waals surface area contributed by atoms with Gasteiger partial charge in [-0.05, 0) is 27.7 Å². The van der Waals surface area contributed by atoms with E-state index in [9.17, 15) is 18.0 Å². The predicted octanol–water partition coefficient (Wildman–Crippen LogP) is -0.873. The maximum absolute atomic E-state index is 12.4. The van der Waals surface area contributed by atoms with Crippen molar-refractivity contribution in [3.8, 4) is 0 Å². The minimum absolute atomic E-state index is 0.140. The molecule has 0 atom stereocenters. The number of nitrogens with zero attached hydrogens (tertiary/aromatic N) is 2. The van der Waals surface area contributed by atoms with Crippen LogP contribution < -0.4 is 10.5 Å².